The van der Waals surface area contributed by atoms with E-state index < -0.39 is 6.72 Å². The topological polar surface area (TPSA) is 75.7 Å². The van der Waals surface area contributed by atoms with Crippen LogP contribution in [-0.2, 0) is 16.3 Å². The van der Waals surface area contributed by atoms with E-state index in [0.29, 0.717) is 6.61 Å². The molecule has 0 aromatic rings. The maximum atomic E-state index is 8.90. The van der Waals surface area contributed by atoms with E-state index in [-0.39, 0.29) is 0 Å². The Hall–Kier alpha value is 0.490. The molecule has 0 heterocycles. The second-order valence-corrected chi connectivity index (χ2v) is 11.8. The fourth-order valence-electron chi connectivity index (χ4n) is 3.76. The molecule has 0 aromatic carbocycles. The molecule has 0 spiro atoms. The summed E-state index contributed by atoms with van der Waals surface area (Å²) in [6.07, 6.45) is 29.3. The molecule has 0 amide bonds. The molecule has 0 saturated heterocycles. The van der Waals surface area contributed by atoms with Crippen molar-refractivity contribution < 1.29 is 14.3 Å². The zero-order valence-corrected chi connectivity index (χ0v) is 23.4. The maximum absolute atomic E-state index is 8.90. The predicted molar refractivity (Wildman–Crippen MR) is 147 cm³/mol. The Balaban J connectivity index is 0. The van der Waals surface area contributed by atoms with E-state index in [0.717, 1.165) is 19.4 Å². The van der Waals surface area contributed by atoms with Gasteiger partial charge in [0.15, 0.2) is 0 Å². The van der Waals surface area contributed by atoms with Gasteiger partial charge in [0.2, 0.25) is 0 Å². The van der Waals surface area contributed by atoms with Gasteiger partial charge in [0, 0.05) is 0 Å². The summed E-state index contributed by atoms with van der Waals surface area (Å²) in [4.78, 5) is 17.8. The van der Waals surface area contributed by atoms with Crippen LogP contribution in [0.4, 0.5) is 0 Å². The Labute approximate surface area is 206 Å². The van der Waals surface area contributed by atoms with Crippen LogP contribution in [0, 0.1) is 0 Å². The second kappa shape index (κ2) is 29.5. The SMILES string of the molecule is CCCCCCCCCCCCCCCCCCOP(O)(O)=S.CCCCCCCCN. The normalized spacial score (nSPS) is 11.4. The smallest absolute Gasteiger partial charge is 0.321 e. The first-order valence-electron chi connectivity index (χ1n) is 13.9. The molecule has 4 nitrogen and oxygen atoms in total. The lowest BCUT2D eigenvalue weighted by Crippen LogP contribution is -1.97. The largest absolute Gasteiger partial charge is 0.330 e. The molecule has 0 aliphatic rings. The van der Waals surface area contributed by atoms with Crippen LogP contribution in [0.15, 0.2) is 0 Å². The molecule has 0 aromatic heterocycles. The van der Waals surface area contributed by atoms with Gasteiger partial charge < -0.3 is 20.0 Å². The van der Waals surface area contributed by atoms with E-state index >= 15 is 0 Å². The van der Waals surface area contributed by atoms with Crippen LogP contribution >= 0.6 is 6.72 Å². The van der Waals surface area contributed by atoms with E-state index in [2.05, 4.69) is 25.7 Å². The zero-order valence-electron chi connectivity index (χ0n) is 21.7. The average molecular weight is 496 g/mol. The van der Waals surface area contributed by atoms with Gasteiger partial charge in [-0.1, -0.05) is 142 Å². The van der Waals surface area contributed by atoms with Gasteiger partial charge in [0.1, 0.15) is 0 Å². The Kier molecular flexibility index (Phi) is 32.0. The summed E-state index contributed by atoms with van der Waals surface area (Å²) >= 11 is 4.40. The second-order valence-electron chi connectivity index (χ2n) is 9.18. The Morgan fingerprint density at radius 1 is 0.531 bits per heavy atom. The van der Waals surface area contributed by atoms with Crippen molar-refractivity contribution >= 4 is 18.5 Å². The Morgan fingerprint density at radius 2 is 0.812 bits per heavy atom. The van der Waals surface area contributed by atoms with Crippen LogP contribution in [0.2, 0.25) is 0 Å². The quantitative estimate of drug-likeness (QED) is 0.0921. The van der Waals surface area contributed by atoms with Crippen molar-refractivity contribution in [1.82, 2.24) is 0 Å². The van der Waals surface area contributed by atoms with Crippen molar-refractivity contribution in [2.45, 2.75) is 155 Å². The molecule has 0 unspecified atom stereocenters. The molecule has 0 radical (unpaired) electrons. The third-order valence-corrected chi connectivity index (χ3v) is 6.65. The van der Waals surface area contributed by atoms with Crippen molar-refractivity contribution in [1.29, 1.82) is 0 Å². The van der Waals surface area contributed by atoms with Crippen molar-refractivity contribution in [2.75, 3.05) is 13.2 Å². The zero-order chi connectivity index (χ0) is 24.2. The van der Waals surface area contributed by atoms with E-state index in [1.54, 1.807) is 0 Å². The van der Waals surface area contributed by atoms with Crippen LogP contribution in [0.5, 0.6) is 0 Å². The fraction of sp³-hybridized carbons (Fsp3) is 1.00. The van der Waals surface area contributed by atoms with Crippen LogP contribution in [-0.4, -0.2) is 22.9 Å². The van der Waals surface area contributed by atoms with Crippen LogP contribution < -0.4 is 5.73 Å². The van der Waals surface area contributed by atoms with Crippen LogP contribution in [0.25, 0.3) is 0 Å². The highest BCUT2D eigenvalue weighted by molar-refractivity contribution is 8.06. The third-order valence-electron chi connectivity index (χ3n) is 5.82. The summed E-state index contributed by atoms with van der Waals surface area (Å²) in [6, 6.07) is 0. The summed E-state index contributed by atoms with van der Waals surface area (Å²) in [6.45, 7) is 2.33. The van der Waals surface area contributed by atoms with Crippen molar-refractivity contribution in [3.8, 4) is 0 Å². The lowest BCUT2D eigenvalue weighted by molar-refractivity contribution is 0.245. The van der Waals surface area contributed by atoms with Crippen LogP contribution in [0.3, 0.4) is 0 Å². The molecule has 32 heavy (non-hydrogen) atoms. The van der Waals surface area contributed by atoms with E-state index in [1.165, 1.54) is 128 Å². The standard InChI is InChI=1S/C18H39O3PS.C8H19N/c1-2-3-4-5-6-7-8-9-10-11-12-13-14-15-16-17-18-21-22(19,20)23;1-2-3-4-5-6-7-8-9/h2-18H2,1H3,(H2,19,20,23);2-9H2,1H3. The Morgan fingerprint density at radius 3 is 1.09 bits per heavy atom. The molecule has 196 valence electrons. The highest BCUT2D eigenvalue weighted by Gasteiger charge is 2.06. The van der Waals surface area contributed by atoms with Gasteiger partial charge in [0.25, 0.3) is 0 Å². The van der Waals surface area contributed by atoms with E-state index in [1.807, 2.05) is 0 Å². The fourth-order valence-corrected chi connectivity index (χ4v) is 4.35. The van der Waals surface area contributed by atoms with Gasteiger partial charge in [-0.05, 0) is 31.2 Å². The molecular weight excluding hydrogens is 437 g/mol. The first-order chi connectivity index (χ1) is 15.5. The van der Waals surface area contributed by atoms with Gasteiger partial charge in [-0.3, -0.25) is 0 Å². The number of rotatable bonds is 24. The molecule has 4 N–H and O–H groups in total. The number of hydrogen-bond donors (Lipinski definition) is 3. The molecular formula is C26H58NO3PS. The minimum absolute atomic E-state index is 0.378. The molecule has 0 rings (SSSR count). The molecule has 0 aliphatic carbocycles. The van der Waals surface area contributed by atoms with Gasteiger partial charge in [-0.25, -0.2) is 0 Å². The monoisotopic (exact) mass is 495 g/mol. The molecule has 0 fully saturated rings. The number of hydrogen-bond acceptors (Lipinski definition) is 3. The van der Waals surface area contributed by atoms with Crippen LogP contribution in [0.1, 0.15) is 155 Å². The minimum Gasteiger partial charge on any atom is -0.330 e. The first kappa shape index (κ1) is 34.7. The Bertz CT molecular complexity index is 374. The summed E-state index contributed by atoms with van der Waals surface area (Å²) < 4.78 is 4.79. The maximum Gasteiger partial charge on any atom is 0.321 e. The van der Waals surface area contributed by atoms with Gasteiger partial charge in [-0.15, -0.1) is 0 Å². The highest BCUT2D eigenvalue weighted by Crippen LogP contribution is 2.36. The molecule has 0 atom stereocenters. The average Bonchev–Trinajstić information content (AvgIpc) is 2.75. The summed E-state index contributed by atoms with van der Waals surface area (Å²) in [5.41, 5.74) is 5.34. The van der Waals surface area contributed by atoms with Crippen molar-refractivity contribution in [3.63, 3.8) is 0 Å². The minimum atomic E-state index is -3.42. The van der Waals surface area contributed by atoms with Crippen molar-refractivity contribution in [3.05, 3.63) is 0 Å². The van der Waals surface area contributed by atoms with Gasteiger partial charge >= 0.3 is 6.72 Å². The summed E-state index contributed by atoms with van der Waals surface area (Å²) in [7, 11) is 0. The third kappa shape index (κ3) is 37.8. The van der Waals surface area contributed by atoms with E-state index in [9.17, 15) is 0 Å². The lowest BCUT2D eigenvalue weighted by Gasteiger charge is -2.07. The van der Waals surface area contributed by atoms with E-state index in [4.69, 9.17) is 20.0 Å². The highest BCUT2D eigenvalue weighted by atomic mass is 32.5. The molecule has 0 bridgehead atoms. The summed E-state index contributed by atoms with van der Waals surface area (Å²) in [5, 5.41) is 0. The predicted octanol–water partition coefficient (Wildman–Crippen LogP) is 8.78. The van der Waals surface area contributed by atoms with Crippen molar-refractivity contribution in [2.24, 2.45) is 5.73 Å². The van der Waals surface area contributed by atoms with Gasteiger partial charge in [0.05, 0.1) is 6.61 Å². The lowest BCUT2D eigenvalue weighted by atomic mass is 10.0. The molecule has 6 heteroatoms. The first-order valence-corrected chi connectivity index (χ1v) is 16.5. The number of nitrogens with two attached hydrogens (primary N) is 1. The number of unbranched alkanes of at least 4 members (excludes halogenated alkanes) is 20. The summed E-state index contributed by atoms with van der Waals surface area (Å²) in [5.74, 6) is 0. The molecule has 0 saturated carbocycles. The molecule has 0 aliphatic heterocycles. The van der Waals surface area contributed by atoms with Gasteiger partial charge in [-0.2, -0.15) is 0 Å².